The molecule has 0 aliphatic carbocycles. The Hall–Kier alpha value is -1.98. The van der Waals surface area contributed by atoms with Gasteiger partial charge in [0.25, 0.3) is 0 Å². The predicted octanol–water partition coefficient (Wildman–Crippen LogP) is 1.88. The molecule has 0 bridgehead atoms. The number of aliphatic carboxylic acids is 1. The second-order valence-corrected chi connectivity index (χ2v) is 4.25. The van der Waals surface area contributed by atoms with E-state index in [9.17, 15) is 18.4 Å². The van der Waals surface area contributed by atoms with Gasteiger partial charge in [-0.1, -0.05) is 12.1 Å². The molecule has 4 nitrogen and oxygen atoms in total. The van der Waals surface area contributed by atoms with Crippen LogP contribution in [0.15, 0.2) is 18.2 Å². The molecular weight excluding hydrogens is 256 g/mol. The molecule has 0 saturated heterocycles. The Bertz CT molecular complexity index is 477. The Kier molecular flexibility index (Phi) is 5.41. The molecule has 104 valence electrons. The maximum Gasteiger partial charge on any atom is 0.303 e. The quantitative estimate of drug-likeness (QED) is 0.830. The molecule has 1 rings (SSSR count). The molecule has 1 aromatic carbocycles. The van der Waals surface area contributed by atoms with Crippen LogP contribution < -0.4 is 5.32 Å². The number of nitrogens with one attached hydrogen (secondary N) is 1. The maximum atomic E-state index is 13.5. The number of benzene rings is 1. The zero-order valence-electron chi connectivity index (χ0n) is 10.5. The second-order valence-electron chi connectivity index (χ2n) is 4.25. The highest BCUT2D eigenvalue weighted by Crippen LogP contribution is 2.15. The Labute approximate surface area is 109 Å². The highest BCUT2D eigenvalue weighted by Gasteiger charge is 2.16. The van der Waals surface area contributed by atoms with Crippen LogP contribution in [0.4, 0.5) is 8.78 Å². The summed E-state index contributed by atoms with van der Waals surface area (Å²) in [5, 5.41) is 11.2. The minimum Gasteiger partial charge on any atom is -0.481 e. The molecule has 0 saturated carbocycles. The largest absolute Gasteiger partial charge is 0.481 e. The smallest absolute Gasteiger partial charge is 0.303 e. The standard InChI is InChI=1S/C13H15F2NO3/c1-8(17)16-10(5-6-12(18)19)7-9-3-2-4-11(14)13(9)15/h2-4,10H,5-7H2,1H3,(H,16,17)(H,18,19). The lowest BCUT2D eigenvalue weighted by Crippen LogP contribution is -2.35. The van der Waals surface area contributed by atoms with Crippen LogP contribution in [0, 0.1) is 11.6 Å². The molecule has 1 amide bonds. The molecular formula is C13H15F2NO3. The fourth-order valence-corrected chi connectivity index (χ4v) is 1.78. The first-order chi connectivity index (χ1) is 8.90. The molecule has 0 aromatic heterocycles. The topological polar surface area (TPSA) is 66.4 Å². The van der Waals surface area contributed by atoms with Gasteiger partial charge < -0.3 is 10.4 Å². The highest BCUT2D eigenvalue weighted by molar-refractivity contribution is 5.73. The van der Waals surface area contributed by atoms with Crippen LogP contribution in [0.1, 0.15) is 25.3 Å². The summed E-state index contributed by atoms with van der Waals surface area (Å²) >= 11 is 0. The molecule has 0 fully saturated rings. The van der Waals surface area contributed by atoms with E-state index in [1.54, 1.807) is 0 Å². The molecule has 6 heteroatoms. The van der Waals surface area contributed by atoms with Crippen LogP contribution in [0.3, 0.4) is 0 Å². The predicted molar refractivity (Wildman–Crippen MR) is 64.5 cm³/mol. The Morgan fingerprint density at radius 2 is 2.05 bits per heavy atom. The van der Waals surface area contributed by atoms with Crippen LogP contribution in [0.2, 0.25) is 0 Å². The molecule has 0 radical (unpaired) electrons. The maximum absolute atomic E-state index is 13.5. The zero-order valence-corrected chi connectivity index (χ0v) is 10.5. The third-order valence-corrected chi connectivity index (χ3v) is 2.61. The van der Waals surface area contributed by atoms with Crippen LogP contribution in [-0.4, -0.2) is 23.0 Å². The summed E-state index contributed by atoms with van der Waals surface area (Å²) in [6.07, 6.45) is 0.0587. The monoisotopic (exact) mass is 271 g/mol. The van der Waals surface area contributed by atoms with E-state index in [0.29, 0.717) is 0 Å². The first-order valence-corrected chi connectivity index (χ1v) is 5.82. The van der Waals surface area contributed by atoms with Gasteiger partial charge in [-0.2, -0.15) is 0 Å². The van der Waals surface area contributed by atoms with Crippen LogP contribution in [0.25, 0.3) is 0 Å². The lowest BCUT2D eigenvalue weighted by Gasteiger charge is -2.17. The van der Waals surface area contributed by atoms with Crippen molar-refractivity contribution in [3.8, 4) is 0 Å². The number of hydrogen-bond acceptors (Lipinski definition) is 2. The SMILES string of the molecule is CC(=O)NC(CCC(=O)O)Cc1cccc(F)c1F. The Morgan fingerprint density at radius 3 is 2.63 bits per heavy atom. The Morgan fingerprint density at radius 1 is 1.37 bits per heavy atom. The summed E-state index contributed by atoms with van der Waals surface area (Å²) in [4.78, 5) is 21.5. The van der Waals surface area contributed by atoms with Gasteiger partial charge in [-0.05, 0) is 24.5 Å². The number of rotatable bonds is 6. The molecule has 1 aromatic rings. The Balaban J connectivity index is 2.78. The van der Waals surface area contributed by atoms with Gasteiger partial charge in [-0.3, -0.25) is 9.59 Å². The molecule has 2 N–H and O–H groups in total. The van der Waals surface area contributed by atoms with E-state index in [-0.39, 0.29) is 30.7 Å². The lowest BCUT2D eigenvalue weighted by atomic mass is 10.0. The van der Waals surface area contributed by atoms with Crippen molar-refractivity contribution in [2.45, 2.75) is 32.2 Å². The molecule has 19 heavy (non-hydrogen) atoms. The van der Waals surface area contributed by atoms with Gasteiger partial charge in [0, 0.05) is 19.4 Å². The summed E-state index contributed by atoms with van der Waals surface area (Å²) < 4.78 is 26.5. The normalized spacial score (nSPS) is 11.9. The number of carboxylic acid groups (broad SMARTS) is 1. The molecule has 1 atom stereocenters. The molecule has 0 spiro atoms. The number of carbonyl (C=O) groups excluding carboxylic acids is 1. The fraction of sp³-hybridized carbons (Fsp3) is 0.385. The summed E-state index contributed by atoms with van der Waals surface area (Å²) in [7, 11) is 0. The summed E-state index contributed by atoms with van der Waals surface area (Å²) in [6.45, 7) is 1.29. The zero-order chi connectivity index (χ0) is 14.4. The van der Waals surface area contributed by atoms with Crippen molar-refractivity contribution < 1.29 is 23.5 Å². The van der Waals surface area contributed by atoms with Crippen molar-refractivity contribution in [3.05, 3.63) is 35.4 Å². The van der Waals surface area contributed by atoms with Crippen molar-refractivity contribution in [3.63, 3.8) is 0 Å². The number of halogens is 2. The summed E-state index contributed by atoms with van der Waals surface area (Å²) in [5.41, 5.74) is 0.115. The first-order valence-electron chi connectivity index (χ1n) is 5.82. The van der Waals surface area contributed by atoms with E-state index in [1.807, 2.05) is 0 Å². The van der Waals surface area contributed by atoms with E-state index in [2.05, 4.69) is 5.32 Å². The van der Waals surface area contributed by atoms with E-state index in [1.165, 1.54) is 19.1 Å². The second kappa shape index (κ2) is 6.82. The lowest BCUT2D eigenvalue weighted by molar-refractivity contribution is -0.137. The van der Waals surface area contributed by atoms with Crippen molar-refractivity contribution in [1.82, 2.24) is 5.32 Å². The molecule has 0 aliphatic heterocycles. The van der Waals surface area contributed by atoms with Gasteiger partial charge in [0.05, 0.1) is 0 Å². The third-order valence-electron chi connectivity index (χ3n) is 2.61. The molecule has 0 aliphatic rings. The summed E-state index contributed by atoms with van der Waals surface area (Å²) in [5.74, 6) is -3.27. The number of hydrogen-bond donors (Lipinski definition) is 2. The minimum atomic E-state index is -1.00. The van der Waals surface area contributed by atoms with E-state index in [4.69, 9.17) is 5.11 Å². The van der Waals surface area contributed by atoms with Gasteiger partial charge in [0.2, 0.25) is 5.91 Å². The van der Waals surface area contributed by atoms with E-state index >= 15 is 0 Å². The minimum absolute atomic E-state index is 0.0520. The van der Waals surface area contributed by atoms with Crippen molar-refractivity contribution in [2.24, 2.45) is 0 Å². The summed E-state index contributed by atoms with van der Waals surface area (Å²) in [6, 6.07) is 3.25. The van der Waals surface area contributed by atoms with Crippen molar-refractivity contribution >= 4 is 11.9 Å². The third kappa shape index (κ3) is 5.03. The first kappa shape index (κ1) is 15.1. The van der Waals surface area contributed by atoms with Crippen LogP contribution in [-0.2, 0) is 16.0 Å². The van der Waals surface area contributed by atoms with Crippen molar-refractivity contribution in [1.29, 1.82) is 0 Å². The van der Waals surface area contributed by atoms with E-state index in [0.717, 1.165) is 6.07 Å². The van der Waals surface area contributed by atoms with Gasteiger partial charge in [0.1, 0.15) is 0 Å². The number of carboxylic acids is 1. The van der Waals surface area contributed by atoms with Crippen LogP contribution >= 0.6 is 0 Å². The van der Waals surface area contributed by atoms with Gasteiger partial charge in [-0.25, -0.2) is 8.78 Å². The average molecular weight is 271 g/mol. The number of carbonyl (C=O) groups is 2. The van der Waals surface area contributed by atoms with E-state index < -0.39 is 23.6 Å². The van der Waals surface area contributed by atoms with Gasteiger partial charge in [-0.15, -0.1) is 0 Å². The highest BCUT2D eigenvalue weighted by atomic mass is 19.2. The number of amides is 1. The molecule has 1 unspecified atom stereocenters. The molecule has 0 heterocycles. The average Bonchev–Trinajstić information content (AvgIpc) is 2.31. The van der Waals surface area contributed by atoms with Gasteiger partial charge in [0.15, 0.2) is 11.6 Å². The van der Waals surface area contributed by atoms with Crippen molar-refractivity contribution in [2.75, 3.05) is 0 Å². The van der Waals surface area contributed by atoms with Crippen LogP contribution in [0.5, 0.6) is 0 Å². The van der Waals surface area contributed by atoms with Gasteiger partial charge >= 0.3 is 5.97 Å². The fourth-order valence-electron chi connectivity index (χ4n) is 1.78.